The van der Waals surface area contributed by atoms with Crippen molar-refractivity contribution in [2.75, 3.05) is 0 Å². The van der Waals surface area contributed by atoms with Crippen molar-refractivity contribution in [1.29, 1.82) is 0 Å². The van der Waals surface area contributed by atoms with Gasteiger partial charge in [-0.2, -0.15) is 0 Å². The van der Waals surface area contributed by atoms with E-state index in [1.807, 2.05) is 86.6 Å². The quantitative estimate of drug-likeness (QED) is 0.147. The minimum absolute atomic E-state index is 0.106. The number of carbonyl (C=O) groups excluding carboxylic acids is 2. The normalized spacial score (nSPS) is 11.0. The third kappa shape index (κ3) is 9.75. The summed E-state index contributed by atoms with van der Waals surface area (Å²) in [6.07, 6.45) is 2.96. The molecule has 44 heavy (non-hydrogen) atoms. The van der Waals surface area contributed by atoms with Gasteiger partial charge in [0.05, 0.1) is 17.2 Å². The minimum Gasteiger partial charge on any atom is -0.459 e. The molecule has 0 saturated carbocycles. The second-order valence-corrected chi connectivity index (χ2v) is 10.9. The molecule has 4 rings (SSSR count). The molecular weight excluding hydrogens is 544 g/mol. The van der Waals surface area contributed by atoms with Gasteiger partial charge >= 0.3 is 11.9 Å². The maximum Gasteiger partial charge on any atom is 0.338 e. The van der Waals surface area contributed by atoms with E-state index < -0.39 is 0 Å². The number of benzene rings is 4. The highest BCUT2D eigenvalue weighted by Crippen LogP contribution is 2.18. The summed E-state index contributed by atoms with van der Waals surface area (Å²) in [6.45, 7) is 8.55. The van der Waals surface area contributed by atoms with Crippen LogP contribution >= 0.6 is 0 Å². The number of carbonyl (C=O) groups is 2. The van der Waals surface area contributed by atoms with Crippen molar-refractivity contribution in [3.63, 3.8) is 0 Å². The predicted octanol–water partition coefficient (Wildman–Crippen LogP) is 8.52. The Bertz CT molecular complexity index is 1650. The highest BCUT2D eigenvalue weighted by molar-refractivity contribution is 5.90. The molecule has 0 radical (unpaired) electrons. The van der Waals surface area contributed by atoms with Gasteiger partial charge in [0.1, 0.15) is 6.61 Å². The van der Waals surface area contributed by atoms with E-state index in [2.05, 4.69) is 37.5 Å². The van der Waals surface area contributed by atoms with E-state index in [4.69, 9.17) is 9.47 Å². The number of rotatable bonds is 9. The average molecular weight is 583 g/mol. The zero-order valence-electron chi connectivity index (χ0n) is 25.9. The molecule has 0 aliphatic heterocycles. The van der Waals surface area contributed by atoms with Crippen LogP contribution in [-0.2, 0) is 16.1 Å². The first-order chi connectivity index (χ1) is 21.3. The highest BCUT2D eigenvalue weighted by Gasteiger charge is 2.15. The van der Waals surface area contributed by atoms with E-state index in [1.54, 1.807) is 24.3 Å². The lowest BCUT2D eigenvalue weighted by molar-refractivity contribution is 0.0285. The zero-order valence-corrected chi connectivity index (χ0v) is 25.9. The molecule has 0 bridgehead atoms. The van der Waals surface area contributed by atoms with Crippen LogP contribution in [0.4, 0.5) is 0 Å². The summed E-state index contributed by atoms with van der Waals surface area (Å²) in [5.41, 5.74) is 6.48. The third-order valence-electron chi connectivity index (χ3n) is 7.45. The summed E-state index contributed by atoms with van der Waals surface area (Å²) >= 11 is 0. The molecule has 0 aliphatic carbocycles. The molecule has 0 N–H and O–H groups in total. The Morgan fingerprint density at radius 1 is 0.614 bits per heavy atom. The lowest BCUT2D eigenvalue weighted by Gasteiger charge is -2.18. The summed E-state index contributed by atoms with van der Waals surface area (Å²) < 4.78 is 11.1. The van der Waals surface area contributed by atoms with Crippen molar-refractivity contribution in [1.82, 2.24) is 0 Å². The Kier molecular flexibility index (Phi) is 11.6. The van der Waals surface area contributed by atoms with Crippen LogP contribution in [0.15, 0.2) is 97.1 Å². The lowest BCUT2D eigenvalue weighted by atomic mass is 9.97. The minimum atomic E-state index is -0.363. The number of aryl methyl sites for hydroxylation is 1. The summed E-state index contributed by atoms with van der Waals surface area (Å²) in [5, 5.41) is 0. The van der Waals surface area contributed by atoms with Gasteiger partial charge in [0.2, 0.25) is 0 Å². The molecular formula is C40H38O4. The van der Waals surface area contributed by atoms with E-state index >= 15 is 0 Å². The van der Waals surface area contributed by atoms with Gasteiger partial charge in [-0.05, 0) is 105 Å². The van der Waals surface area contributed by atoms with Crippen molar-refractivity contribution in [2.24, 2.45) is 5.92 Å². The predicted molar refractivity (Wildman–Crippen MR) is 175 cm³/mol. The summed E-state index contributed by atoms with van der Waals surface area (Å²) in [5.74, 6) is 12.5. The van der Waals surface area contributed by atoms with Gasteiger partial charge in [0, 0.05) is 22.3 Å². The number of hydrogen-bond donors (Lipinski definition) is 0. The van der Waals surface area contributed by atoms with Gasteiger partial charge in [-0.15, -0.1) is 0 Å². The van der Waals surface area contributed by atoms with Crippen LogP contribution in [0.5, 0.6) is 0 Å². The lowest BCUT2D eigenvalue weighted by Crippen LogP contribution is -2.18. The zero-order chi connectivity index (χ0) is 31.3. The summed E-state index contributed by atoms with van der Waals surface area (Å²) in [7, 11) is 0. The number of esters is 2. The average Bonchev–Trinajstić information content (AvgIpc) is 3.05. The van der Waals surface area contributed by atoms with Crippen LogP contribution in [0, 0.1) is 36.5 Å². The molecule has 0 amide bonds. The largest absolute Gasteiger partial charge is 0.459 e. The van der Waals surface area contributed by atoms with Gasteiger partial charge < -0.3 is 9.47 Å². The van der Waals surface area contributed by atoms with Gasteiger partial charge in [0.25, 0.3) is 0 Å². The first-order valence-electron chi connectivity index (χ1n) is 15.1. The van der Waals surface area contributed by atoms with Crippen molar-refractivity contribution in [3.8, 4) is 23.7 Å². The Morgan fingerprint density at radius 2 is 1.02 bits per heavy atom. The molecule has 1 unspecified atom stereocenters. The Balaban J connectivity index is 1.28. The van der Waals surface area contributed by atoms with Gasteiger partial charge in [-0.3, -0.25) is 0 Å². The molecule has 1 atom stereocenters. The van der Waals surface area contributed by atoms with Crippen molar-refractivity contribution in [3.05, 3.63) is 142 Å². The molecule has 222 valence electrons. The van der Waals surface area contributed by atoms with Crippen molar-refractivity contribution < 1.29 is 19.1 Å². The smallest absolute Gasteiger partial charge is 0.338 e. The molecule has 0 aliphatic rings. The van der Waals surface area contributed by atoms with Crippen LogP contribution in [0.3, 0.4) is 0 Å². The summed E-state index contributed by atoms with van der Waals surface area (Å²) in [6, 6.07) is 29.9. The first-order valence-corrected chi connectivity index (χ1v) is 15.1. The fourth-order valence-corrected chi connectivity index (χ4v) is 4.61. The molecule has 4 heteroatoms. The maximum absolute atomic E-state index is 12.5. The molecule has 0 spiro atoms. The molecule has 4 nitrogen and oxygen atoms in total. The van der Waals surface area contributed by atoms with Crippen LogP contribution in [-0.4, -0.2) is 18.0 Å². The Hall–Kier alpha value is -5.06. The fourth-order valence-electron chi connectivity index (χ4n) is 4.61. The standard InChI is InChI=1S/C40H38O4/c1-5-31(6-2)27-30(4)44-40(42)38-25-21-35(22-26-38)18-16-33-13-11-32(12-14-33)15-17-34-19-23-37(24-20-34)39(41)43-28-36-9-7-29(3)8-10-36/h7-14,19-26,30-31H,5-6,27-28H2,1-4H3. The fraction of sp³-hybridized carbons (Fsp3) is 0.250. The van der Waals surface area contributed by atoms with Crippen molar-refractivity contribution >= 4 is 11.9 Å². The number of hydrogen-bond acceptors (Lipinski definition) is 4. The van der Waals surface area contributed by atoms with Crippen LogP contribution in [0.25, 0.3) is 0 Å². The van der Waals surface area contributed by atoms with E-state index in [1.165, 1.54) is 0 Å². The topological polar surface area (TPSA) is 52.6 Å². The molecule has 0 fully saturated rings. The van der Waals surface area contributed by atoms with E-state index in [0.29, 0.717) is 17.0 Å². The first kappa shape index (κ1) is 31.9. The second kappa shape index (κ2) is 16.0. The number of ether oxygens (including phenoxy) is 2. The van der Waals surface area contributed by atoms with Crippen LogP contribution < -0.4 is 0 Å². The van der Waals surface area contributed by atoms with Gasteiger partial charge in [0.15, 0.2) is 0 Å². The Morgan fingerprint density at radius 3 is 1.45 bits per heavy atom. The van der Waals surface area contributed by atoms with E-state index in [-0.39, 0.29) is 24.6 Å². The summed E-state index contributed by atoms with van der Waals surface area (Å²) in [4.78, 5) is 24.9. The van der Waals surface area contributed by atoms with Gasteiger partial charge in [-0.25, -0.2) is 9.59 Å². The molecule has 4 aromatic rings. The second-order valence-electron chi connectivity index (χ2n) is 10.9. The van der Waals surface area contributed by atoms with Crippen LogP contribution in [0.2, 0.25) is 0 Å². The monoisotopic (exact) mass is 582 g/mol. The van der Waals surface area contributed by atoms with Crippen molar-refractivity contribution in [2.45, 2.75) is 59.7 Å². The third-order valence-corrected chi connectivity index (χ3v) is 7.45. The molecule has 0 saturated heterocycles. The Labute approximate surface area is 261 Å². The van der Waals surface area contributed by atoms with Crippen LogP contribution in [0.1, 0.15) is 94.1 Å². The van der Waals surface area contributed by atoms with E-state index in [0.717, 1.165) is 52.6 Å². The van der Waals surface area contributed by atoms with Gasteiger partial charge in [-0.1, -0.05) is 80.2 Å². The van der Waals surface area contributed by atoms with E-state index in [9.17, 15) is 9.59 Å². The SMILES string of the molecule is CCC(CC)CC(C)OC(=O)c1ccc(C#Cc2ccc(C#Cc3ccc(C(=O)OCc4ccc(C)cc4)cc3)cc2)cc1. The molecule has 0 aromatic heterocycles. The maximum atomic E-state index is 12.5. The molecule has 4 aromatic carbocycles. The highest BCUT2D eigenvalue weighted by atomic mass is 16.5. The molecule has 0 heterocycles.